The predicted molar refractivity (Wildman–Crippen MR) is 75.6 cm³/mol. The zero-order valence-corrected chi connectivity index (χ0v) is 11.5. The Morgan fingerprint density at radius 1 is 1.53 bits per heavy atom. The number of aliphatic carboxylic acids is 1. The molecule has 0 bridgehead atoms. The van der Waals surface area contributed by atoms with Crippen LogP contribution < -0.4 is 0 Å². The lowest BCUT2D eigenvalue weighted by Crippen LogP contribution is -2.08. The molecule has 1 atom stereocenters. The maximum absolute atomic E-state index is 11.0. The number of hydrogen-bond acceptors (Lipinski definition) is 1. The lowest BCUT2D eigenvalue weighted by Gasteiger charge is -2.15. The summed E-state index contributed by atoms with van der Waals surface area (Å²) in [5, 5.41) is 10.8. The molecule has 19 heavy (non-hydrogen) atoms. The van der Waals surface area contributed by atoms with Crippen LogP contribution in [0.3, 0.4) is 0 Å². The van der Waals surface area contributed by atoms with Gasteiger partial charge < -0.3 is 9.67 Å². The van der Waals surface area contributed by atoms with E-state index < -0.39 is 5.97 Å². The number of carboxylic acid groups (broad SMARTS) is 1. The summed E-state index contributed by atoms with van der Waals surface area (Å²) in [5.74, 6) is -0.140. The van der Waals surface area contributed by atoms with Gasteiger partial charge in [-0.15, -0.1) is 0 Å². The van der Waals surface area contributed by atoms with Crippen molar-refractivity contribution in [2.45, 2.75) is 25.2 Å². The second-order valence-corrected chi connectivity index (χ2v) is 5.81. The van der Waals surface area contributed by atoms with Crippen molar-refractivity contribution in [2.24, 2.45) is 13.0 Å². The number of aromatic nitrogens is 1. The smallest absolute Gasteiger partial charge is 0.303 e. The summed E-state index contributed by atoms with van der Waals surface area (Å²) in [6, 6.07) is 6.02. The standard InChI is InChI=1S/C15H16ClNO2/c1-17-5-4-11-13(16)6-10(7-14(11)17)12(8-15(18)19)9-2-3-9/h4-7,9,12H,2-3,8H2,1H3,(H,18,19). The molecule has 100 valence electrons. The molecule has 1 aliphatic carbocycles. The second-order valence-electron chi connectivity index (χ2n) is 5.40. The number of hydrogen-bond donors (Lipinski definition) is 1. The molecule has 1 aromatic heterocycles. The van der Waals surface area contributed by atoms with Crippen LogP contribution in [0.4, 0.5) is 0 Å². The Labute approximate surface area is 116 Å². The Kier molecular flexibility index (Phi) is 3.02. The van der Waals surface area contributed by atoms with E-state index >= 15 is 0 Å². The number of nitrogens with zero attached hydrogens (tertiary/aromatic N) is 1. The van der Waals surface area contributed by atoms with Gasteiger partial charge in [0.25, 0.3) is 0 Å². The molecule has 1 heterocycles. The maximum Gasteiger partial charge on any atom is 0.303 e. The molecule has 1 saturated carbocycles. The minimum absolute atomic E-state index is 0.0919. The van der Waals surface area contributed by atoms with Crippen LogP contribution in [0.5, 0.6) is 0 Å². The van der Waals surface area contributed by atoms with Crippen LogP contribution in [0.2, 0.25) is 5.02 Å². The first-order valence-corrected chi connectivity index (χ1v) is 6.90. The summed E-state index contributed by atoms with van der Waals surface area (Å²) in [7, 11) is 1.98. The number of halogens is 1. The minimum atomic E-state index is -0.736. The Bertz CT molecular complexity index is 643. The van der Waals surface area contributed by atoms with E-state index in [2.05, 4.69) is 6.07 Å². The van der Waals surface area contributed by atoms with Gasteiger partial charge >= 0.3 is 5.97 Å². The molecule has 0 spiro atoms. The summed E-state index contributed by atoms with van der Waals surface area (Å²) in [4.78, 5) is 11.0. The SMILES string of the molecule is Cn1ccc2c(Cl)cc(C(CC(=O)O)C3CC3)cc21. The van der Waals surface area contributed by atoms with Gasteiger partial charge in [0.2, 0.25) is 0 Å². The number of benzene rings is 1. The topological polar surface area (TPSA) is 42.2 Å². The maximum atomic E-state index is 11.0. The molecule has 0 radical (unpaired) electrons. The van der Waals surface area contributed by atoms with Gasteiger partial charge in [-0.3, -0.25) is 4.79 Å². The highest BCUT2D eigenvalue weighted by molar-refractivity contribution is 6.35. The number of carboxylic acids is 1. The number of fused-ring (bicyclic) bond motifs is 1. The Balaban J connectivity index is 2.07. The molecule has 1 fully saturated rings. The van der Waals surface area contributed by atoms with Gasteiger partial charge in [0.15, 0.2) is 0 Å². The van der Waals surface area contributed by atoms with Crippen molar-refractivity contribution >= 4 is 28.5 Å². The van der Waals surface area contributed by atoms with E-state index in [-0.39, 0.29) is 12.3 Å². The predicted octanol–water partition coefficient (Wildman–Crippen LogP) is 3.80. The largest absolute Gasteiger partial charge is 0.481 e. The highest BCUT2D eigenvalue weighted by Gasteiger charge is 2.34. The lowest BCUT2D eigenvalue weighted by atomic mass is 9.90. The summed E-state index contributed by atoms with van der Waals surface area (Å²) < 4.78 is 2.02. The van der Waals surface area contributed by atoms with Crippen molar-refractivity contribution in [1.29, 1.82) is 0 Å². The fourth-order valence-corrected chi connectivity index (χ4v) is 3.09. The highest BCUT2D eigenvalue weighted by atomic mass is 35.5. The van der Waals surface area contributed by atoms with Gasteiger partial charge in [0.1, 0.15) is 0 Å². The first-order valence-electron chi connectivity index (χ1n) is 6.52. The first-order chi connectivity index (χ1) is 9.06. The molecule has 2 aromatic rings. The van der Waals surface area contributed by atoms with E-state index in [1.54, 1.807) is 0 Å². The van der Waals surface area contributed by atoms with E-state index in [1.807, 2.05) is 29.9 Å². The van der Waals surface area contributed by atoms with Gasteiger partial charge in [-0.2, -0.15) is 0 Å². The number of aryl methyl sites for hydroxylation is 1. The van der Waals surface area contributed by atoms with E-state index in [0.717, 1.165) is 29.3 Å². The van der Waals surface area contributed by atoms with Crippen molar-refractivity contribution in [1.82, 2.24) is 4.57 Å². The molecular formula is C15H16ClNO2. The molecule has 0 aliphatic heterocycles. The van der Waals surface area contributed by atoms with E-state index in [1.165, 1.54) is 0 Å². The average Bonchev–Trinajstić information content (AvgIpc) is 3.11. The van der Waals surface area contributed by atoms with Crippen LogP contribution in [0.25, 0.3) is 10.9 Å². The van der Waals surface area contributed by atoms with E-state index in [4.69, 9.17) is 16.7 Å². The molecule has 1 aromatic carbocycles. The summed E-state index contributed by atoms with van der Waals surface area (Å²) in [5.41, 5.74) is 2.13. The van der Waals surface area contributed by atoms with Crippen molar-refractivity contribution in [3.63, 3.8) is 0 Å². The molecular weight excluding hydrogens is 262 g/mol. The highest BCUT2D eigenvalue weighted by Crippen LogP contribution is 2.45. The van der Waals surface area contributed by atoms with E-state index in [9.17, 15) is 4.79 Å². The third-order valence-corrected chi connectivity index (χ3v) is 4.30. The summed E-state index contributed by atoms with van der Waals surface area (Å²) in [6.45, 7) is 0. The minimum Gasteiger partial charge on any atom is -0.481 e. The van der Waals surface area contributed by atoms with Gasteiger partial charge in [-0.1, -0.05) is 11.6 Å². The molecule has 0 amide bonds. The van der Waals surface area contributed by atoms with Crippen LogP contribution in [0.15, 0.2) is 24.4 Å². The lowest BCUT2D eigenvalue weighted by molar-refractivity contribution is -0.137. The molecule has 1 unspecified atom stereocenters. The molecule has 0 saturated heterocycles. The summed E-state index contributed by atoms with van der Waals surface area (Å²) in [6.07, 6.45) is 4.42. The molecule has 4 heteroatoms. The number of carbonyl (C=O) groups is 1. The zero-order chi connectivity index (χ0) is 13.6. The normalized spacial score (nSPS) is 16.7. The van der Waals surface area contributed by atoms with Crippen LogP contribution in [-0.4, -0.2) is 15.6 Å². The third-order valence-electron chi connectivity index (χ3n) is 3.99. The fraction of sp³-hybridized carbons (Fsp3) is 0.400. The quantitative estimate of drug-likeness (QED) is 0.924. The van der Waals surface area contributed by atoms with Gasteiger partial charge in [-0.05, 0) is 48.4 Å². The molecule has 1 N–H and O–H groups in total. The monoisotopic (exact) mass is 277 g/mol. The zero-order valence-electron chi connectivity index (χ0n) is 10.8. The molecule has 1 aliphatic rings. The van der Waals surface area contributed by atoms with E-state index in [0.29, 0.717) is 10.9 Å². The molecule has 3 nitrogen and oxygen atoms in total. The van der Waals surface area contributed by atoms with Crippen molar-refractivity contribution in [3.8, 4) is 0 Å². The van der Waals surface area contributed by atoms with Crippen molar-refractivity contribution in [3.05, 3.63) is 35.0 Å². The fourth-order valence-electron chi connectivity index (χ4n) is 2.80. The third kappa shape index (κ3) is 2.35. The summed E-state index contributed by atoms with van der Waals surface area (Å²) >= 11 is 6.32. The van der Waals surface area contributed by atoms with Crippen LogP contribution in [0.1, 0.15) is 30.7 Å². The Morgan fingerprint density at radius 2 is 2.26 bits per heavy atom. The first kappa shape index (κ1) is 12.5. The van der Waals surface area contributed by atoms with Crippen LogP contribution >= 0.6 is 11.6 Å². The van der Waals surface area contributed by atoms with Crippen LogP contribution in [-0.2, 0) is 11.8 Å². The Morgan fingerprint density at radius 3 is 2.89 bits per heavy atom. The van der Waals surface area contributed by atoms with Crippen molar-refractivity contribution < 1.29 is 9.90 Å². The molecule has 3 rings (SSSR count). The number of rotatable bonds is 4. The van der Waals surface area contributed by atoms with Crippen LogP contribution in [0, 0.1) is 5.92 Å². The van der Waals surface area contributed by atoms with Gasteiger partial charge in [0.05, 0.1) is 11.4 Å². The Hall–Kier alpha value is -1.48. The van der Waals surface area contributed by atoms with Crippen molar-refractivity contribution in [2.75, 3.05) is 0 Å². The van der Waals surface area contributed by atoms with Gasteiger partial charge in [0, 0.05) is 24.1 Å². The second kappa shape index (κ2) is 4.57. The van der Waals surface area contributed by atoms with Gasteiger partial charge in [-0.25, -0.2) is 0 Å². The average molecular weight is 278 g/mol.